The van der Waals surface area contributed by atoms with Crippen molar-refractivity contribution in [1.29, 1.82) is 0 Å². The summed E-state index contributed by atoms with van der Waals surface area (Å²) in [4.78, 5) is 23.1. The highest BCUT2D eigenvalue weighted by atomic mass is 16.5. The van der Waals surface area contributed by atoms with Crippen LogP contribution in [0.2, 0.25) is 0 Å². The van der Waals surface area contributed by atoms with Crippen LogP contribution in [-0.4, -0.2) is 23.1 Å². The molecule has 0 amide bonds. The van der Waals surface area contributed by atoms with Crippen LogP contribution in [0.15, 0.2) is 12.2 Å². The van der Waals surface area contributed by atoms with Crippen LogP contribution in [0, 0.1) is 0 Å². The lowest BCUT2D eigenvalue weighted by atomic mass is 10.0. The lowest BCUT2D eigenvalue weighted by molar-refractivity contribution is -0.150. The molecule has 43 heavy (non-hydrogen) atoms. The van der Waals surface area contributed by atoms with Gasteiger partial charge in [0, 0.05) is 12.8 Å². The first-order valence-corrected chi connectivity index (χ1v) is 19.2. The van der Waals surface area contributed by atoms with Crippen molar-refractivity contribution in [3.05, 3.63) is 12.2 Å². The first kappa shape index (κ1) is 41.7. The molecule has 0 bridgehead atoms. The monoisotopic (exact) mass is 607 g/mol. The van der Waals surface area contributed by atoms with Crippen LogP contribution in [0.4, 0.5) is 0 Å². The Balaban J connectivity index is 3.57. The Morgan fingerprint density at radius 2 is 0.837 bits per heavy atom. The summed E-state index contributed by atoms with van der Waals surface area (Å²) < 4.78 is 5.85. The van der Waals surface area contributed by atoms with Crippen molar-refractivity contribution < 1.29 is 19.4 Å². The van der Waals surface area contributed by atoms with Crippen molar-refractivity contribution in [3.8, 4) is 0 Å². The van der Waals surface area contributed by atoms with Gasteiger partial charge in [-0.2, -0.15) is 0 Å². The van der Waals surface area contributed by atoms with E-state index in [2.05, 4.69) is 26.0 Å². The molecule has 1 N–H and O–H groups in total. The molecule has 0 aromatic rings. The number of carbonyl (C=O) groups excluding carboxylic acids is 1. The number of aliphatic carboxylic acids is 1. The molecule has 0 aliphatic heterocycles. The molecular formula is C39H74O4. The van der Waals surface area contributed by atoms with Crippen molar-refractivity contribution >= 4 is 11.9 Å². The molecule has 0 aliphatic carbocycles. The summed E-state index contributed by atoms with van der Waals surface area (Å²) in [6.07, 6.45) is 42.6. The fourth-order valence-electron chi connectivity index (χ4n) is 5.89. The summed E-state index contributed by atoms with van der Waals surface area (Å²) in [5, 5.41) is 8.80. The van der Waals surface area contributed by atoms with Gasteiger partial charge in [0.1, 0.15) is 6.10 Å². The number of rotatable bonds is 35. The molecule has 0 rings (SSSR count). The molecule has 0 saturated carbocycles. The molecular weight excluding hydrogens is 532 g/mol. The molecule has 0 heterocycles. The molecule has 1 unspecified atom stereocenters. The summed E-state index contributed by atoms with van der Waals surface area (Å²) in [6, 6.07) is 0. The second-order valence-corrected chi connectivity index (χ2v) is 13.1. The third-order valence-corrected chi connectivity index (χ3v) is 8.74. The van der Waals surface area contributed by atoms with Crippen molar-refractivity contribution in [3.63, 3.8) is 0 Å². The van der Waals surface area contributed by atoms with E-state index in [9.17, 15) is 9.59 Å². The third-order valence-electron chi connectivity index (χ3n) is 8.74. The van der Waals surface area contributed by atoms with Gasteiger partial charge in [0.25, 0.3) is 0 Å². The molecule has 254 valence electrons. The number of unbranched alkanes of at least 4 members (excludes halogenated alkanes) is 24. The van der Waals surface area contributed by atoms with E-state index < -0.39 is 5.97 Å². The number of hydrogen-bond acceptors (Lipinski definition) is 3. The van der Waals surface area contributed by atoms with Gasteiger partial charge in [0.2, 0.25) is 0 Å². The quantitative estimate of drug-likeness (QED) is 0.0443. The minimum Gasteiger partial charge on any atom is -0.481 e. The van der Waals surface area contributed by atoms with E-state index in [4.69, 9.17) is 9.84 Å². The van der Waals surface area contributed by atoms with Gasteiger partial charge in [-0.1, -0.05) is 154 Å². The normalized spacial score (nSPS) is 12.2. The van der Waals surface area contributed by atoms with Gasteiger partial charge in [0.05, 0.1) is 0 Å². The van der Waals surface area contributed by atoms with Gasteiger partial charge >= 0.3 is 11.9 Å². The van der Waals surface area contributed by atoms with E-state index in [1.807, 2.05) is 0 Å². The zero-order valence-corrected chi connectivity index (χ0v) is 29.0. The van der Waals surface area contributed by atoms with E-state index in [0.717, 1.165) is 44.9 Å². The first-order chi connectivity index (χ1) is 21.1. The van der Waals surface area contributed by atoms with Crippen LogP contribution >= 0.6 is 0 Å². The maximum Gasteiger partial charge on any atom is 0.306 e. The van der Waals surface area contributed by atoms with Crippen LogP contribution in [0.3, 0.4) is 0 Å². The van der Waals surface area contributed by atoms with Crippen LogP contribution in [0.5, 0.6) is 0 Å². The zero-order valence-electron chi connectivity index (χ0n) is 29.0. The Kier molecular flexibility index (Phi) is 34.1. The molecule has 0 fully saturated rings. The van der Waals surface area contributed by atoms with Gasteiger partial charge in [-0.05, 0) is 64.2 Å². The Hall–Kier alpha value is -1.32. The molecule has 0 saturated heterocycles. The molecule has 4 nitrogen and oxygen atoms in total. The number of carboxylic acids is 1. The molecule has 1 atom stereocenters. The average Bonchev–Trinajstić information content (AvgIpc) is 2.99. The van der Waals surface area contributed by atoms with E-state index in [-0.39, 0.29) is 18.5 Å². The number of ether oxygens (including phenoxy) is 1. The Labute approximate surface area is 268 Å². The maximum atomic E-state index is 12.4. The molecule has 0 spiro atoms. The Morgan fingerprint density at radius 3 is 1.28 bits per heavy atom. The van der Waals surface area contributed by atoms with Gasteiger partial charge in [-0.25, -0.2) is 0 Å². The third kappa shape index (κ3) is 35.0. The first-order valence-electron chi connectivity index (χ1n) is 19.2. The topological polar surface area (TPSA) is 63.6 Å². The van der Waals surface area contributed by atoms with Crippen LogP contribution in [-0.2, 0) is 14.3 Å². The van der Waals surface area contributed by atoms with Crippen molar-refractivity contribution in [2.75, 3.05) is 0 Å². The fourth-order valence-corrected chi connectivity index (χ4v) is 5.89. The summed E-state index contributed by atoms with van der Waals surface area (Å²) in [7, 11) is 0. The fraction of sp³-hybridized carbons (Fsp3) is 0.897. The number of hydrogen-bond donors (Lipinski definition) is 1. The predicted octanol–water partition coefficient (Wildman–Crippen LogP) is 13.1. The standard InChI is InChI=1S/C39H74O4/c1-3-5-7-9-10-11-12-13-14-15-16-17-18-19-20-21-22-23-24-25-26-27-32-36-39(42)43-37(33-29-8-6-4-2)34-30-28-31-35-38(40)41/h15-16,37H,3-14,17-36H2,1-2H3,(H,40,41)/b16-15-. The number of carboxylic acid groups (broad SMARTS) is 1. The Bertz CT molecular complexity index is 614. The van der Waals surface area contributed by atoms with Gasteiger partial charge in [-0.3, -0.25) is 9.59 Å². The number of allylic oxidation sites excluding steroid dienone is 2. The SMILES string of the molecule is CCCCCCCCCC/C=C\CCCCCCCCCCCCCC(=O)OC(CCCCCC)CCCCCC(=O)O. The predicted molar refractivity (Wildman–Crippen MR) is 186 cm³/mol. The molecule has 4 heteroatoms. The van der Waals surface area contributed by atoms with Gasteiger partial charge in [-0.15, -0.1) is 0 Å². The van der Waals surface area contributed by atoms with Crippen molar-refractivity contribution in [2.45, 2.75) is 225 Å². The molecule has 0 aromatic heterocycles. The summed E-state index contributed by atoms with van der Waals surface area (Å²) >= 11 is 0. The maximum absolute atomic E-state index is 12.4. The second kappa shape index (κ2) is 35.2. The largest absolute Gasteiger partial charge is 0.481 e. The second-order valence-electron chi connectivity index (χ2n) is 13.1. The summed E-state index contributed by atoms with van der Waals surface area (Å²) in [5.74, 6) is -0.763. The van der Waals surface area contributed by atoms with E-state index in [1.165, 1.54) is 141 Å². The summed E-state index contributed by atoms with van der Waals surface area (Å²) in [6.45, 7) is 4.49. The smallest absolute Gasteiger partial charge is 0.306 e. The van der Waals surface area contributed by atoms with Crippen molar-refractivity contribution in [1.82, 2.24) is 0 Å². The van der Waals surface area contributed by atoms with Crippen LogP contribution in [0.25, 0.3) is 0 Å². The zero-order chi connectivity index (χ0) is 31.5. The number of esters is 1. The van der Waals surface area contributed by atoms with Crippen molar-refractivity contribution in [2.24, 2.45) is 0 Å². The minimum absolute atomic E-state index is 0.00943. The summed E-state index contributed by atoms with van der Waals surface area (Å²) in [5.41, 5.74) is 0. The lowest BCUT2D eigenvalue weighted by Crippen LogP contribution is -2.18. The number of carbonyl (C=O) groups is 2. The van der Waals surface area contributed by atoms with Gasteiger partial charge in [0.15, 0.2) is 0 Å². The average molecular weight is 607 g/mol. The van der Waals surface area contributed by atoms with E-state index >= 15 is 0 Å². The highest BCUT2D eigenvalue weighted by Crippen LogP contribution is 2.18. The van der Waals surface area contributed by atoms with Gasteiger partial charge < -0.3 is 9.84 Å². The highest BCUT2D eigenvalue weighted by molar-refractivity contribution is 5.69. The van der Waals surface area contributed by atoms with E-state index in [0.29, 0.717) is 12.8 Å². The van der Waals surface area contributed by atoms with Crippen LogP contribution in [0.1, 0.15) is 219 Å². The highest BCUT2D eigenvalue weighted by Gasteiger charge is 2.14. The molecule has 0 aromatic carbocycles. The Morgan fingerprint density at radius 1 is 0.488 bits per heavy atom. The molecule has 0 aliphatic rings. The van der Waals surface area contributed by atoms with Crippen LogP contribution < -0.4 is 0 Å². The lowest BCUT2D eigenvalue weighted by Gasteiger charge is -2.18. The minimum atomic E-state index is -0.726. The van der Waals surface area contributed by atoms with E-state index in [1.54, 1.807) is 0 Å². The molecule has 0 radical (unpaired) electrons.